The van der Waals surface area contributed by atoms with Crippen molar-refractivity contribution in [2.45, 2.75) is 32.2 Å². The van der Waals surface area contributed by atoms with Crippen LogP contribution in [0.1, 0.15) is 26.0 Å². The zero-order chi connectivity index (χ0) is 10.8. The molecule has 78 valence electrons. The number of nitro groups is 1. The minimum Gasteiger partial charge on any atom is -0.326 e. The lowest BCUT2D eigenvalue weighted by molar-refractivity contribution is -0.385. The van der Waals surface area contributed by atoms with Crippen LogP contribution in [0.4, 0.5) is 5.69 Å². The van der Waals surface area contributed by atoms with Crippen molar-refractivity contribution < 1.29 is 4.92 Å². The Kier molecular flexibility index (Phi) is 2.85. The van der Waals surface area contributed by atoms with E-state index in [1.807, 2.05) is 13.8 Å². The maximum absolute atomic E-state index is 10.5. The van der Waals surface area contributed by atoms with Gasteiger partial charge in [-0.2, -0.15) is 5.10 Å². The Balaban J connectivity index is 2.68. The maximum atomic E-state index is 10.5. The molecule has 1 heterocycles. The minimum absolute atomic E-state index is 0.0363. The summed E-state index contributed by atoms with van der Waals surface area (Å²) in [5.41, 5.74) is 6.03. The van der Waals surface area contributed by atoms with E-state index in [4.69, 9.17) is 5.73 Å². The molecule has 1 aromatic rings. The Labute approximate surface area is 81.6 Å². The zero-order valence-electron chi connectivity index (χ0n) is 8.28. The van der Waals surface area contributed by atoms with Gasteiger partial charge in [-0.1, -0.05) is 0 Å². The van der Waals surface area contributed by atoms with Crippen LogP contribution >= 0.6 is 0 Å². The van der Waals surface area contributed by atoms with Crippen LogP contribution in [0.3, 0.4) is 0 Å². The molecule has 6 nitrogen and oxygen atoms in total. The number of aromatic amines is 1. The molecule has 0 aromatic carbocycles. The third kappa shape index (κ3) is 2.81. The van der Waals surface area contributed by atoms with Crippen LogP contribution < -0.4 is 5.73 Å². The fourth-order valence-electron chi connectivity index (χ4n) is 1.10. The van der Waals surface area contributed by atoms with Gasteiger partial charge >= 0.3 is 5.69 Å². The first kappa shape index (κ1) is 10.6. The highest BCUT2D eigenvalue weighted by atomic mass is 16.6. The molecular formula is C8H14N4O2. The van der Waals surface area contributed by atoms with E-state index >= 15 is 0 Å². The average molecular weight is 198 g/mol. The number of hydrogen-bond acceptors (Lipinski definition) is 4. The Hall–Kier alpha value is -1.43. The third-order valence-corrected chi connectivity index (χ3v) is 1.91. The average Bonchev–Trinajstić information content (AvgIpc) is 2.46. The number of H-pyrrole nitrogens is 1. The van der Waals surface area contributed by atoms with E-state index in [0.29, 0.717) is 18.5 Å². The minimum atomic E-state index is -0.442. The van der Waals surface area contributed by atoms with Crippen molar-refractivity contribution in [3.8, 4) is 0 Å². The number of aryl methyl sites for hydroxylation is 1. The van der Waals surface area contributed by atoms with E-state index in [1.165, 1.54) is 6.20 Å². The van der Waals surface area contributed by atoms with Crippen molar-refractivity contribution in [1.82, 2.24) is 10.2 Å². The molecule has 0 radical (unpaired) electrons. The quantitative estimate of drug-likeness (QED) is 0.556. The molecule has 0 fully saturated rings. The third-order valence-electron chi connectivity index (χ3n) is 1.91. The van der Waals surface area contributed by atoms with E-state index in [0.717, 1.165) is 0 Å². The summed E-state index contributed by atoms with van der Waals surface area (Å²) in [5, 5.41) is 16.8. The van der Waals surface area contributed by atoms with Crippen molar-refractivity contribution in [2.24, 2.45) is 5.73 Å². The summed E-state index contributed by atoms with van der Waals surface area (Å²) in [7, 11) is 0. The Morgan fingerprint density at radius 3 is 2.86 bits per heavy atom. The van der Waals surface area contributed by atoms with Crippen LogP contribution in [0.2, 0.25) is 0 Å². The first-order valence-electron chi connectivity index (χ1n) is 4.36. The lowest BCUT2D eigenvalue weighted by Crippen LogP contribution is -2.32. The molecule has 0 bridgehead atoms. The van der Waals surface area contributed by atoms with Crippen molar-refractivity contribution >= 4 is 5.69 Å². The second kappa shape index (κ2) is 3.75. The molecule has 3 N–H and O–H groups in total. The summed E-state index contributed by atoms with van der Waals surface area (Å²) < 4.78 is 0. The molecule has 0 spiro atoms. The highest BCUT2D eigenvalue weighted by molar-refractivity contribution is 5.31. The van der Waals surface area contributed by atoms with Gasteiger partial charge in [0.25, 0.3) is 0 Å². The summed E-state index contributed by atoms with van der Waals surface area (Å²) >= 11 is 0. The lowest BCUT2D eigenvalue weighted by Gasteiger charge is -2.16. The van der Waals surface area contributed by atoms with Gasteiger partial charge in [-0.25, -0.2) is 0 Å². The van der Waals surface area contributed by atoms with Crippen molar-refractivity contribution in [3.63, 3.8) is 0 Å². The standard InChI is InChI=1S/C8H14N4O2/c1-8(2,9)4-3-6-7(12(13)14)5-10-11-6/h5H,3-4,9H2,1-2H3,(H,10,11). The SMILES string of the molecule is CC(C)(N)CCc1[nH]ncc1[N+](=O)[O-]. The number of rotatable bonds is 4. The summed E-state index contributed by atoms with van der Waals surface area (Å²) in [6, 6.07) is 0. The Bertz CT molecular complexity index is 326. The van der Waals surface area contributed by atoms with Gasteiger partial charge in [0, 0.05) is 5.54 Å². The van der Waals surface area contributed by atoms with E-state index in [1.54, 1.807) is 0 Å². The van der Waals surface area contributed by atoms with Gasteiger partial charge in [0.05, 0.1) is 4.92 Å². The van der Waals surface area contributed by atoms with Crippen LogP contribution in [0, 0.1) is 10.1 Å². The van der Waals surface area contributed by atoms with Crippen LogP contribution in [0.15, 0.2) is 6.20 Å². The van der Waals surface area contributed by atoms with Gasteiger partial charge in [-0.3, -0.25) is 15.2 Å². The summed E-state index contributed by atoms with van der Waals surface area (Å²) in [5.74, 6) is 0. The highest BCUT2D eigenvalue weighted by Gasteiger charge is 2.18. The lowest BCUT2D eigenvalue weighted by atomic mass is 9.99. The van der Waals surface area contributed by atoms with Crippen LogP contribution in [0.25, 0.3) is 0 Å². The number of nitrogens with one attached hydrogen (secondary N) is 1. The number of nitrogens with zero attached hydrogens (tertiary/aromatic N) is 2. The summed E-state index contributed by atoms with van der Waals surface area (Å²) in [6.07, 6.45) is 2.44. The molecule has 0 atom stereocenters. The molecule has 14 heavy (non-hydrogen) atoms. The number of aromatic nitrogens is 2. The fourth-order valence-corrected chi connectivity index (χ4v) is 1.10. The molecule has 0 aliphatic heterocycles. The van der Waals surface area contributed by atoms with E-state index in [-0.39, 0.29) is 11.2 Å². The molecule has 0 unspecified atom stereocenters. The molecule has 0 aliphatic carbocycles. The molecule has 1 aromatic heterocycles. The normalized spacial score (nSPS) is 11.6. The smallest absolute Gasteiger partial charge is 0.309 e. The van der Waals surface area contributed by atoms with E-state index in [2.05, 4.69) is 10.2 Å². The largest absolute Gasteiger partial charge is 0.326 e. The van der Waals surface area contributed by atoms with E-state index in [9.17, 15) is 10.1 Å². The first-order chi connectivity index (χ1) is 6.40. The van der Waals surface area contributed by atoms with Gasteiger partial charge in [-0.05, 0) is 26.7 Å². The molecule has 1 rings (SSSR count). The van der Waals surface area contributed by atoms with Gasteiger partial charge < -0.3 is 5.73 Å². The van der Waals surface area contributed by atoms with Gasteiger partial charge in [0.2, 0.25) is 0 Å². The van der Waals surface area contributed by atoms with Gasteiger partial charge in [-0.15, -0.1) is 0 Å². The second-order valence-electron chi connectivity index (χ2n) is 3.98. The summed E-state index contributed by atoms with van der Waals surface area (Å²) in [4.78, 5) is 10.1. The first-order valence-corrected chi connectivity index (χ1v) is 4.36. The molecule has 0 saturated carbocycles. The van der Waals surface area contributed by atoms with Gasteiger partial charge in [0.1, 0.15) is 11.9 Å². The van der Waals surface area contributed by atoms with Crippen molar-refractivity contribution in [1.29, 1.82) is 0 Å². The predicted octanol–water partition coefficient (Wildman–Crippen LogP) is 0.988. The maximum Gasteiger partial charge on any atom is 0.309 e. The number of hydrogen-bond donors (Lipinski definition) is 2. The molecule has 6 heteroatoms. The van der Waals surface area contributed by atoms with Gasteiger partial charge in [0.15, 0.2) is 0 Å². The van der Waals surface area contributed by atoms with Crippen molar-refractivity contribution in [3.05, 3.63) is 22.0 Å². The number of nitrogens with two attached hydrogens (primary N) is 1. The monoisotopic (exact) mass is 198 g/mol. The zero-order valence-corrected chi connectivity index (χ0v) is 8.28. The molecule has 0 saturated heterocycles. The molecule has 0 amide bonds. The Morgan fingerprint density at radius 2 is 2.36 bits per heavy atom. The van der Waals surface area contributed by atoms with Crippen molar-refractivity contribution in [2.75, 3.05) is 0 Å². The van der Waals surface area contributed by atoms with Crippen LogP contribution in [-0.2, 0) is 6.42 Å². The van der Waals surface area contributed by atoms with E-state index < -0.39 is 4.92 Å². The fraction of sp³-hybridized carbons (Fsp3) is 0.625. The second-order valence-corrected chi connectivity index (χ2v) is 3.98. The Morgan fingerprint density at radius 1 is 1.71 bits per heavy atom. The van der Waals surface area contributed by atoms with Crippen LogP contribution in [0.5, 0.6) is 0 Å². The summed E-state index contributed by atoms with van der Waals surface area (Å²) in [6.45, 7) is 3.77. The topological polar surface area (TPSA) is 97.8 Å². The molecular weight excluding hydrogens is 184 g/mol. The molecule has 0 aliphatic rings. The predicted molar refractivity (Wildman–Crippen MR) is 51.8 cm³/mol. The highest BCUT2D eigenvalue weighted by Crippen LogP contribution is 2.18. The van der Waals surface area contributed by atoms with Crippen LogP contribution in [-0.4, -0.2) is 20.7 Å².